The van der Waals surface area contributed by atoms with Gasteiger partial charge in [-0.2, -0.15) is 0 Å². The molecule has 1 unspecified atom stereocenters. The van der Waals surface area contributed by atoms with Crippen molar-refractivity contribution < 1.29 is 4.39 Å². The molecule has 0 aliphatic carbocycles. The van der Waals surface area contributed by atoms with Crippen molar-refractivity contribution in [2.75, 3.05) is 0 Å². The zero-order valence-electron chi connectivity index (χ0n) is 9.40. The number of benzene rings is 1. The van der Waals surface area contributed by atoms with Crippen LogP contribution in [0.3, 0.4) is 0 Å². The van der Waals surface area contributed by atoms with Gasteiger partial charge in [-0.1, -0.05) is 13.8 Å². The van der Waals surface area contributed by atoms with E-state index >= 15 is 0 Å². The molecule has 0 fully saturated rings. The molecule has 0 saturated heterocycles. The number of hydrogen-bond donors (Lipinski definition) is 1. The lowest BCUT2D eigenvalue weighted by Crippen LogP contribution is -2.12. The topological polar surface area (TPSA) is 38.9 Å². The van der Waals surface area contributed by atoms with E-state index in [1.807, 2.05) is 0 Å². The van der Waals surface area contributed by atoms with Gasteiger partial charge in [-0.15, -0.1) is 11.3 Å². The summed E-state index contributed by atoms with van der Waals surface area (Å²) in [6.45, 7) is 4.26. The van der Waals surface area contributed by atoms with Crippen LogP contribution >= 0.6 is 11.3 Å². The number of fused-ring (bicyclic) bond motifs is 1. The lowest BCUT2D eigenvalue weighted by Gasteiger charge is -2.10. The minimum absolute atomic E-state index is 0.0412. The molecular formula is C12H15FN2S. The first-order valence-electron chi connectivity index (χ1n) is 5.38. The Hall–Kier alpha value is -1.00. The smallest absolute Gasteiger partial charge is 0.125 e. The quantitative estimate of drug-likeness (QED) is 0.889. The monoisotopic (exact) mass is 238 g/mol. The van der Waals surface area contributed by atoms with E-state index in [0.717, 1.165) is 16.1 Å². The molecule has 0 aliphatic heterocycles. The summed E-state index contributed by atoms with van der Waals surface area (Å²) in [7, 11) is 0. The summed E-state index contributed by atoms with van der Waals surface area (Å²) in [5, 5.41) is 0.898. The molecule has 0 bridgehead atoms. The van der Waals surface area contributed by atoms with Gasteiger partial charge in [0.2, 0.25) is 0 Å². The molecule has 0 aliphatic rings. The molecule has 0 saturated carbocycles. The maximum absolute atomic E-state index is 13.0. The molecule has 1 heterocycles. The van der Waals surface area contributed by atoms with Gasteiger partial charge >= 0.3 is 0 Å². The lowest BCUT2D eigenvalue weighted by atomic mass is 10.1. The summed E-state index contributed by atoms with van der Waals surface area (Å²) in [6.07, 6.45) is 0.905. The third-order valence-electron chi connectivity index (χ3n) is 2.41. The van der Waals surface area contributed by atoms with Crippen LogP contribution in [-0.2, 0) is 0 Å². The van der Waals surface area contributed by atoms with Gasteiger partial charge in [0.15, 0.2) is 0 Å². The third-order valence-corrected chi connectivity index (χ3v) is 3.58. The highest BCUT2D eigenvalue weighted by atomic mass is 32.1. The van der Waals surface area contributed by atoms with Crippen LogP contribution in [0, 0.1) is 11.7 Å². The van der Waals surface area contributed by atoms with Gasteiger partial charge in [0, 0.05) is 6.07 Å². The third kappa shape index (κ3) is 2.39. The zero-order chi connectivity index (χ0) is 11.7. The Labute approximate surface area is 98.3 Å². The first-order chi connectivity index (χ1) is 7.56. The molecule has 1 aromatic heterocycles. The highest BCUT2D eigenvalue weighted by molar-refractivity contribution is 7.18. The van der Waals surface area contributed by atoms with Crippen LogP contribution < -0.4 is 5.73 Å². The Balaban J connectivity index is 2.32. The Morgan fingerprint density at radius 3 is 2.88 bits per heavy atom. The van der Waals surface area contributed by atoms with Gasteiger partial charge in [-0.3, -0.25) is 0 Å². The second-order valence-corrected chi connectivity index (χ2v) is 5.46. The first kappa shape index (κ1) is 11.5. The number of rotatable bonds is 3. The Morgan fingerprint density at radius 1 is 1.44 bits per heavy atom. The van der Waals surface area contributed by atoms with Crippen molar-refractivity contribution in [3.8, 4) is 0 Å². The standard InChI is InChI=1S/C12H15FN2S/c1-7(2)5-9(14)12-15-10-6-8(13)3-4-11(10)16-12/h3-4,6-7,9H,5,14H2,1-2H3. The molecule has 0 amide bonds. The summed E-state index contributed by atoms with van der Waals surface area (Å²) in [6, 6.07) is 4.63. The number of halogens is 1. The van der Waals surface area contributed by atoms with Crippen molar-refractivity contribution in [2.24, 2.45) is 11.7 Å². The maximum Gasteiger partial charge on any atom is 0.125 e. The molecule has 2 rings (SSSR count). The maximum atomic E-state index is 13.0. The van der Waals surface area contributed by atoms with E-state index in [2.05, 4.69) is 18.8 Å². The summed E-state index contributed by atoms with van der Waals surface area (Å²) in [5.41, 5.74) is 6.76. The molecule has 1 aromatic carbocycles. The number of aromatic nitrogens is 1. The molecule has 2 N–H and O–H groups in total. The molecular weight excluding hydrogens is 223 g/mol. The normalized spacial score (nSPS) is 13.6. The summed E-state index contributed by atoms with van der Waals surface area (Å²) >= 11 is 1.55. The minimum Gasteiger partial charge on any atom is -0.322 e. The molecule has 0 spiro atoms. The molecule has 0 radical (unpaired) electrons. The predicted molar refractivity (Wildman–Crippen MR) is 66.0 cm³/mol. The number of nitrogens with zero attached hydrogens (tertiary/aromatic N) is 1. The zero-order valence-corrected chi connectivity index (χ0v) is 10.2. The fourth-order valence-electron chi connectivity index (χ4n) is 1.69. The second kappa shape index (κ2) is 4.47. The minimum atomic E-state index is -0.248. The molecule has 16 heavy (non-hydrogen) atoms. The van der Waals surface area contributed by atoms with Crippen LogP contribution in [0.1, 0.15) is 31.3 Å². The van der Waals surface area contributed by atoms with Gasteiger partial charge < -0.3 is 5.73 Å². The van der Waals surface area contributed by atoms with Crippen molar-refractivity contribution in [3.05, 3.63) is 29.0 Å². The van der Waals surface area contributed by atoms with Crippen LogP contribution in [0.2, 0.25) is 0 Å². The Morgan fingerprint density at radius 2 is 2.19 bits per heavy atom. The van der Waals surface area contributed by atoms with Crippen molar-refractivity contribution in [3.63, 3.8) is 0 Å². The van der Waals surface area contributed by atoms with Gasteiger partial charge in [-0.05, 0) is 24.5 Å². The largest absolute Gasteiger partial charge is 0.322 e. The van der Waals surface area contributed by atoms with Crippen LogP contribution in [-0.4, -0.2) is 4.98 Å². The highest BCUT2D eigenvalue weighted by Gasteiger charge is 2.13. The van der Waals surface area contributed by atoms with E-state index < -0.39 is 0 Å². The summed E-state index contributed by atoms with van der Waals surface area (Å²) in [5.74, 6) is 0.292. The molecule has 2 aromatic rings. The van der Waals surface area contributed by atoms with Gasteiger partial charge in [0.25, 0.3) is 0 Å². The van der Waals surface area contributed by atoms with Gasteiger partial charge in [0.1, 0.15) is 10.8 Å². The van der Waals surface area contributed by atoms with Crippen molar-refractivity contribution >= 4 is 21.6 Å². The molecule has 2 nitrogen and oxygen atoms in total. The molecule has 4 heteroatoms. The van der Waals surface area contributed by atoms with Crippen LogP contribution in [0.25, 0.3) is 10.2 Å². The van der Waals surface area contributed by atoms with Gasteiger partial charge in [-0.25, -0.2) is 9.37 Å². The van der Waals surface area contributed by atoms with E-state index in [1.54, 1.807) is 17.4 Å². The van der Waals surface area contributed by atoms with Crippen LogP contribution in [0.5, 0.6) is 0 Å². The van der Waals surface area contributed by atoms with E-state index in [0.29, 0.717) is 11.4 Å². The SMILES string of the molecule is CC(C)CC(N)c1nc2cc(F)ccc2s1. The lowest BCUT2D eigenvalue weighted by molar-refractivity contribution is 0.509. The number of nitrogens with two attached hydrogens (primary N) is 1. The number of thiazole rings is 1. The van der Waals surface area contributed by atoms with Crippen molar-refractivity contribution in [1.29, 1.82) is 0 Å². The van der Waals surface area contributed by atoms with E-state index in [9.17, 15) is 4.39 Å². The first-order valence-corrected chi connectivity index (χ1v) is 6.19. The second-order valence-electron chi connectivity index (χ2n) is 4.40. The Kier molecular flexibility index (Phi) is 3.21. The average molecular weight is 238 g/mol. The fraction of sp³-hybridized carbons (Fsp3) is 0.417. The van der Waals surface area contributed by atoms with E-state index in [-0.39, 0.29) is 11.9 Å². The highest BCUT2D eigenvalue weighted by Crippen LogP contribution is 2.28. The number of hydrogen-bond acceptors (Lipinski definition) is 3. The molecule has 1 atom stereocenters. The van der Waals surface area contributed by atoms with Gasteiger partial charge in [0.05, 0.1) is 16.3 Å². The average Bonchev–Trinajstić information content (AvgIpc) is 2.59. The van der Waals surface area contributed by atoms with Crippen LogP contribution in [0.4, 0.5) is 4.39 Å². The predicted octanol–water partition coefficient (Wildman–Crippen LogP) is 3.48. The summed E-state index contributed by atoms with van der Waals surface area (Å²) in [4.78, 5) is 4.38. The van der Waals surface area contributed by atoms with E-state index in [4.69, 9.17) is 5.73 Å². The fourth-order valence-corrected chi connectivity index (χ4v) is 2.65. The van der Waals surface area contributed by atoms with Crippen molar-refractivity contribution in [1.82, 2.24) is 4.98 Å². The Bertz CT molecular complexity index is 493. The molecule has 86 valence electrons. The summed E-state index contributed by atoms with van der Waals surface area (Å²) < 4.78 is 14.0. The van der Waals surface area contributed by atoms with Crippen molar-refractivity contribution in [2.45, 2.75) is 26.3 Å². The van der Waals surface area contributed by atoms with E-state index in [1.165, 1.54) is 12.1 Å². The van der Waals surface area contributed by atoms with Crippen LogP contribution in [0.15, 0.2) is 18.2 Å².